The van der Waals surface area contributed by atoms with Crippen molar-refractivity contribution in [3.8, 4) is 0 Å². The van der Waals surface area contributed by atoms with E-state index in [0.717, 1.165) is 49.2 Å². The fourth-order valence-electron chi connectivity index (χ4n) is 4.99. The number of aryl methyl sites for hydroxylation is 2. The number of piperidine rings is 1. The van der Waals surface area contributed by atoms with Crippen LogP contribution in [0, 0.1) is 13.8 Å². The van der Waals surface area contributed by atoms with Crippen LogP contribution in [-0.4, -0.2) is 60.2 Å². The maximum absolute atomic E-state index is 13.5. The van der Waals surface area contributed by atoms with Crippen LogP contribution in [0.4, 0.5) is 0 Å². The molecule has 3 aliphatic heterocycles. The summed E-state index contributed by atoms with van der Waals surface area (Å²) in [6.07, 6.45) is 2.34. The van der Waals surface area contributed by atoms with E-state index in [-0.39, 0.29) is 11.9 Å². The van der Waals surface area contributed by atoms with Crippen LogP contribution < -0.4 is 0 Å². The molecule has 32 heavy (non-hydrogen) atoms. The van der Waals surface area contributed by atoms with Gasteiger partial charge in [-0.2, -0.15) is 5.10 Å². The lowest BCUT2D eigenvalue weighted by Gasteiger charge is -2.37. The van der Waals surface area contributed by atoms with Crippen molar-refractivity contribution in [2.75, 3.05) is 32.8 Å². The molecule has 1 atom stereocenters. The second-order valence-corrected chi connectivity index (χ2v) is 9.12. The number of hydrogen-bond donors (Lipinski definition) is 0. The molecule has 2 aromatic rings. The van der Waals surface area contributed by atoms with Gasteiger partial charge in [-0.25, -0.2) is 5.01 Å². The maximum Gasteiger partial charge on any atom is 0.257 e. The number of likely N-dealkylation sites (tertiary alicyclic amines) is 1. The molecule has 0 saturated carbocycles. The standard InChI is InChI=1S/C26H31N3O3/c1-19-8-9-20(2)22(16-19)23-17-24(21-6-4-3-5-7-21)29(27-23)25(30)18-28-12-10-26(11-13-28)31-14-15-32-26/h3-9,16,24H,10-15,17-18H2,1-2H3. The van der Waals surface area contributed by atoms with Crippen molar-refractivity contribution in [2.45, 2.75) is 44.9 Å². The molecule has 1 amide bonds. The third-order valence-corrected chi connectivity index (χ3v) is 6.84. The van der Waals surface area contributed by atoms with Crippen LogP contribution in [0.25, 0.3) is 0 Å². The number of carbonyl (C=O) groups is 1. The van der Waals surface area contributed by atoms with Crippen LogP contribution in [-0.2, 0) is 14.3 Å². The van der Waals surface area contributed by atoms with Crippen molar-refractivity contribution in [1.29, 1.82) is 0 Å². The van der Waals surface area contributed by atoms with Crippen molar-refractivity contribution in [1.82, 2.24) is 9.91 Å². The van der Waals surface area contributed by atoms with E-state index in [2.05, 4.69) is 49.1 Å². The van der Waals surface area contributed by atoms with Gasteiger partial charge in [0.1, 0.15) is 0 Å². The molecule has 3 aliphatic rings. The van der Waals surface area contributed by atoms with Crippen LogP contribution in [0.15, 0.2) is 53.6 Å². The molecule has 2 saturated heterocycles. The van der Waals surface area contributed by atoms with Crippen molar-refractivity contribution < 1.29 is 14.3 Å². The van der Waals surface area contributed by atoms with Crippen molar-refractivity contribution >= 4 is 11.6 Å². The molecule has 168 valence electrons. The molecule has 5 rings (SSSR count). The van der Waals surface area contributed by atoms with E-state index in [9.17, 15) is 4.79 Å². The molecule has 2 aromatic carbocycles. The number of carbonyl (C=O) groups excluding carboxylic acids is 1. The summed E-state index contributed by atoms with van der Waals surface area (Å²) in [6, 6.07) is 16.6. The van der Waals surface area contributed by atoms with E-state index < -0.39 is 5.79 Å². The minimum atomic E-state index is -0.423. The molecule has 0 aromatic heterocycles. The zero-order valence-corrected chi connectivity index (χ0v) is 18.9. The van der Waals surface area contributed by atoms with Gasteiger partial charge in [-0.05, 0) is 31.0 Å². The molecular weight excluding hydrogens is 402 g/mol. The Labute approximate surface area is 189 Å². The lowest BCUT2D eigenvalue weighted by molar-refractivity contribution is -0.186. The predicted molar refractivity (Wildman–Crippen MR) is 123 cm³/mol. The van der Waals surface area contributed by atoms with Crippen molar-refractivity contribution in [3.63, 3.8) is 0 Å². The highest BCUT2D eigenvalue weighted by atomic mass is 16.7. The summed E-state index contributed by atoms with van der Waals surface area (Å²) in [4.78, 5) is 15.7. The van der Waals surface area contributed by atoms with E-state index in [1.54, 1.807) is 5.01 Å². The minimum absolute atomic E-state index is 0.0448. The van der Waals surface area contributed by atoms with E-state index in [1.807, 2.05) is 18.2 Å². The number of nitrogens with zero attached hydrogens (tertiary/aromatic N) is 3. The number of benzene rings is 2. The number of hydrogen-bond acceptors (Lipinski definition) is 5. The van der Waals surface area contributed by atoms with Crippen LogP contribution in [0.2, 0.25) is 0 Å². The number of amides is 1. The molecule has 0 N–H and O–H groups in total. The van der Waals surface area contributed by atoms with E-state index in [4.69, 9.17) is 14.6 Å². The van der Waals surface area contributed by atoms with Gasteiger partial charge in [0, 0.05) is 37.9 Å². The van der Waals surface area contributed by atoms with Gasteiger partial charge < -0.3 is 9.47 Å². The first-order chi connectivity index (χ1) is 15.5. The fraction of sp³-hybridized carbons (Fsp3) is 0.462. The molecule has 6 nitrogen and oxygen atoms in total. The van der Waals surface area contributed by atoms with E-state index >= 15 is 0 Å². The SMILES string of the molecule is Cc1ccc(C)c(C2=NN(C(=O)CN3CCC4(CC3)OCCO4)C(c3ccccc3)C2)c1. The zero-order chi connectivity index (χ0) is 22.1. The molecule has 2 fully saturated rings. The number of rotatable bonds is 4. The third-order valence-electron chi connectivity index (χ3n) is 6.84. The first kappa shape index (κ1) is 21.3. The highest BCUT2D eigenvalue weighted by Crippen LogP contribution is 2.35. The molecule has 0 radical (unpaired) electrons. The smallest absolute Gasteiger partial charge is 0.257 e. The summed E-state index contributed by atoms with van der Waals surface area (Å²) < 4.78 is 11.7. The average Bonchev–Trinajstić information content (AvgIpc) is 3.46. The summed E-state index contributed by atoms with van der Waals surface area (Å²) in [7, 11) is 0. The second-order valence-electron chi connectivity index (χ2n) is 9.12. The van der Waals surface area contributed by atoms with Crippen molar-refractivity contribution in [3.05, 3.63) is 70.8 Å². The second kappa shape index (κ2) is 8.77. The zero-order valence-electron chi connectivity index (χ0n) is 18.9. The Balaban J connectivity index is 1.35. The molecule has 0 aliphatic carbocycles. The van der Waals surface area contributed by atoms with Gasteiger partial charge in [0.05, 0.1) is 31.5 Å². The van der Waals surface area contributed by atoms with Crippen LogP contribution in [0.5, 0.6) is 0 Å². The van der Waals surface area contributed by atoms with Gasteiger partial charge in [0.2, 0.25) is 0 Å². The molecule has 3 heterocycles. The van der Waals surface area contributed by atoms with Gasteiger partial charge in [0.25, 0.3) is 5.91 Å². The minimum Gasteiger partial charge on any atom is -0.347 e. The Morgan fingerprint density at radius 2 is 1.78 bits per heavy atom. The largest absolute Gasteiger partial charge is 0.347 e. The van der Waals surface area contributed by atoms with Gasteiger partial charge in [0.15, 0.2) is 5.79 Å². The highest BCUT2D eigenvalue weighted by molar-refractivity contribution is 6.04. The quantitative estimate of drug-likeness (QED) is 0.736. The Kier molecular flexibility index (Phi) is 5.84. The Morgan fingerprint density at radius 1 is 1.06 bits per heavy atom. The molecular formula is C26H31N3O3. The monoisotopic (exact) mass is 433 g/mol. The first-order valence-electron chi connectivity index (χ1n) is 11.6. The molecule has 0 bridgehead atoms. The van der Waals surface area contributed by atoms with Gasteiger partial charge >= 0.3 is 0 Å². The molecule has 6 heteroatoms. The predicted octanol–water partition coefficient (Wildman–Crippen LogP) is 3.82. The highest BCUT2D eigenvalue weighted by Gasteiger charge is 2.41. The summed E-state index contributed by atoms with van der Waals surface area (Å²) in [5, 5.41) is 6.60. The Hall–Kier alpha value is -2.54. The Morgan fingerprint density at radius 3 is 2.50 bits per heavy atom. The van der Waals surface area contributed by atoms with Gasteiger partial charge in [-0.15, -0.1) is 0 Å². The van der Waals surface area contributed by atoms with E-state index in [1.165, 1.54) is 11.1 Å². The molecule has 1 unspecified atom stereocenters. The third kappa shape index (κ3) is 4.22. The lowest BCUT2D eigenvalue weighted by atomic mass is 9.95. The average molecular weight is 434 g/mol. The van der Waals surface area contributed by atoms with Crippen LogP contribution in [0.3, 0.4) is 0 Å². The normalized spacial score (nSPS) is 23.0. The summed E-state index contributed by atoms with van der Waals surface area (Å²) in [5.74, 6) is -0.378. The van der Waals surface area contributed by atoms with Gasteiger partial charge in [-0.1, -0.05) is 48.0 Å². The summed E-state index contributed by atoms with van der Waals surface area (Å²) in [5.41, 5.74) is 5.63. The maximum atomic E-state index is 13.5. The summed E-state index contributed by atoms with van der Waals surface area (Å²) >= 11 is 0. The number of ether oxygens (including phenoxy) is 2. The Bertz CT molecular complexity index is 1000. The molecule has 1 spiro atoms. The van der Waals surface area contributed by atoms with Crippen LogP contribution in [0.1, 0.15) is 47.6 Å². The topological polar surface area (TPSA) is 54.4 Å². The number of hydrazone groups is 1. The lowest BCUT2D eigenvalue weighted by Crippen LogP contribution is -2.48. The van der Waals surface area contributed by atoms with Gasteiger partial charge in [-0.3, -0.25) is 9.69 Å². The van der Waals surface area contributed by atoms with Crippen molar-refractivity contribution in [2.24, 2.45) is 5.10 Å². The summed E-state index contributed by atoms with van der Waals surface area (Å²) in [6.45, 7) is 7.49. The first-order valence-corrected chi connectivity index (χ1v) is 11.6. The van der Waals surface area contributed by atoms with Crippen LogP contribution >= 0.6 is 0 Å². The fourth-order valence-corrected chi connectivity index (χ4v) is 4.99. The van der Waals surface area contributed by atoms with E-state index in [0.29, 0.717) is 19.8 Å².